The summed E-state index contributed by atoms with van der Waals surface area (Å²) in [7, 11) is 0. The van der Waals surface area contributed by atoms with Crippen molar-refractivity contribution in [1.82, 2.24) is 4.57 Å². The summed E-state index contributed by atoms with van der Waals surface area (Å²) >= 11 is 0. The molecule has 42 heavy (non-hydrogen) atoms. The molecule has 1 rings (SSSR count). The Morgan fingerprint density at radius 2 is 0.738 bits per heavy atom. The van der Waals surface area contributed by atoms with Gasteiger partial charge in [-0.2, -0.15) is 0 Å². The Balaban J connectivity index is 2.10. The van der Waals surface area contributed by atoms with Crippen molar-refractivity contribution < 1.29 is 4.57 Å². The molecule has 0 atom stereocenters. The molecular formula is C40H79N2+. The summed E-state index contributed by atoms with van der Waals surface area (Å²) < 4.78 is 5.22. The van der Waals surface area contributed by atoms with E-state index in [-0.39, 0.29) is 0 Å². The molecule has 0 N–H and O–H groups in total. The third kappa shape index (κ3) is 23.6. The third-order valence-corrected chi connectivity index (χ3v) is 9.60. The number of aromatic nitrogens is 2. The van der Waals surface area contributed by atoms with Gasteiger partial charge in [0.05, 0.1) is 13.1 Å². The lowest BCUT2D eigenvalue weighted by Gasteiger charge is -2.07. The van der Waals surface area contributed by atoms with E-state index >= 15 is 0 Å². The Morgan fingerprint density at radius 1 is 0.405 bits per heavy atom. The van der Waals surface area contributed by atoms with Gasteiger partial charge in [-0.1, -0.05) is 188 Å². The summed E-state index contributed by atoms with van der Waals surface area (Å²) in [6.45, 7) is 9.40. The Hall–Kier alpha value is -0.790. The van der Waals surface area contributed by atoms with Gasteiger partial charge >= 0.3 is 0 Å². The van der Waals surface area contributed by atoms with Gasteiger partial charge in [-0.05, 0) is 32.1 Å². The van der Waals surface area contributed by atoms with Gasteiger partial charge in [0, 0.05) is 6.42 Å². The predicted octanol–water partition coefficient (Wildman–Crippen LogP) is 13.5. The molecule has 0 saturated carbocycles. The van der Waals surface area contributed by atoms with Crippen LogP contribution in [0.5, 0.6) is 0 Å². The highest BCUT2D eigenvalue weighted by atomic mass is 15.1. The molecular weight excluding hydrogens is 508 g/mol. The van der Waals surface area contributed by atoms with Crippen molar-refractivity contribution in [3.63, 3.8) is 0 Å². The molecule has 0 spiro atoms. The monoisotopic (exact) mass is 588 g/mol. The average Bonchev–Trinajstić information content (AvgIpc) is 3.38. The number of hydrogen-bond acceptors (Lipinski definition) is 0. The van der Waals surface area contributed by atoms with Gasteiger partial charge in [-0.25, -0.2) is 9.13 Å². The highest BCUT2D eigenvalue weighted by molar-refractivity contribution is 4.84. The van der Waals surface area contributed by atoms with Crippen molar-refractivity contribution in [3.05, 3.63) is 18.2 Å². The van der Waals surface area contributed by atoms with E-state index in [1.54, 1.807) is 5.82 Å². The fraction of sp³-hybridized carbons (Fsp3) is 0.925. The van der Waals surface area contributed by atoms with Crippen LogP contribution in [0.25, 0.3) is 0 Å². The quantitative estimate of drug-likeness (QED) is 0.0560. The highest BCUT2D eigenvalue weighted by Gasteiger charge is 2.16. The molecule has 0 fully saturated rings. The number of aryl methyl sites for hydroxylation is 2. The van der Waals surface area contributed by atoms with Crippen LogP contribution in [0.2, 0.25) is 0 Å². The zero-order valence-corrected chi connectivity index (χ0v) is 29.6. The molecule has 0 radical (unpaired) electrons. The first-order valence-corrected chi connectivity index (χ1v) is 19.9. The van der Waals surface area contributed by atoms with Gasteiger partial charge in [0.1, 0.15) is 12.4 Å². The molecule has 0 saturated heterocycles. The molecule has 1 aromatic heterocycles. The van der Waals surface area contributed by atoms with E-state index in [9.17, 15) is 0 Å². The minimum atomic E-state index is 1.23. The number of imidazole rings is 1. The maximum absolute atomic E-state index is 2.61. The van der Waals surface area contributed by atoms with Gasteiger partial charge in [0.15, 0.2) is 0 Å². The van der Waals surface area contributed by atoms with Gasteiger partial charge < -0.3 is 0 Å². The molecule has 0 aliphatic heterocycles. The number of rotatable bonds is 34. The van der Waals surface area contributed by atoms with E-state index in [0.717, 1.165) is 0 Å². The van der Waals surface area contributed by atoms with Gasteiger partial charge in [0.25, 0.3) is 5.82 Å². The van der Waals surface area contributed by atoms with E-state index in [1.165, 1.54) is 219 Å². The van der Waals surface area contributed by atoms with Gasteiger partial charge in [0.2, 0.25) is 0 Å². The maximum atomic E-state index is 2.61. The van der Waals surface area contributed by atoms with Crippen molar-refractivity contribution in [2.45, 2.75) is 239 Å². The van der Waals surface area contributed by atoms with Crippen LogP contribution in [0, 0.1) is 0 Å². The summed E-state index contributed by atoms with van der Waals surface area (Å²) in [5.74, 6) is 1.60. The lowest BCUT2D eigenvalue weighted by atomic mass is 10.0. The lowest BCUT2D eigenvalue weighted by molar-refractivity contribution is -0.704. The largest absolute Gasteiger partial charge is 0.256 e. The van der Waals surface area contributed by atoms with Crippen LogP contribution in [0.3, 0.4) is 0 Å². The molecule has 1 heterocycles. The summed E-state index contributed by atoms with van der Waals surface area (Å²) in [6, 6.07) is 0. The highest BCUT2D eigenvalue weighted by Crippen LogP contribution is 2.15. The first kappa shape index (κ1) is 39.2. The van der Waals surface area contributed by atoms with Gasteiger partial charge in [-0.3, -0.25) is 0 Å². The number of nitrogens with zero attached hydrogens (tertiary/aromatic N) is 2. The molecule has 0 unspecified atom stereocenters. The van der Waals surface area contributed by atoms with Crippen LogP contribution in [-0.4, -0.2) is 4.57 Å². The number of unbranched alkanes of at least 4 members (excludes halogenated alkanes) is 28. The van der Waals surface area contributed by atoms with E-state index in [1.807, 2.05) is 0 Å². The Bertz CT molecular complexity index is 648. The standard InChI is InChI=1S/C40H79N2/c1-4-7-10-12-14-16-18-20-21-23-25-27-29-31-34-37-42-39-38-41(40(42)35-32-9-6-3)36-33-30-28-26-24-22-19-17-15-13-11-8-5-2/h38-39H,4-37H2,1-3H3/q+1. The average molecular weight is 588 g/mol. The van der Waals surface area contributed by atoms with Crippen molar-refractivity contribution in [2.24, 2.45) is 0 Å². The Kier molecular flexibility index (Phi) is 29.5. The minimum absolute atomic E-state index is 1.23. The zero-order valence-electron chi connectivity index (χ0n) is 29.6. The summed E-state index contributed by atoms with van der Waals surface area (Å²) in [4.78, 5) is 0. The van der Waals surface area contributed by atoms with Crippen LogP contribution in [-0.2, 0) is 19.5 Å². The normalized spacial score (nSPS) is 11.6. The summed E-state index contributed by atoms with van der Waals surface area (Å²) in [5, 5.41) is 0. The second-order valence-electron chi connectivity index (χ2n) is 13.8. The van der Waals surface area contributed by atoms with E-state index < -0.39 is 0 Å². The molecule has 248 valence electrons. The van der Waals surface area contributed by atoms with E-state index in [2.05, 4.69) is 42.3 Å². The van der Waals surface area contributed by atoms with Crippen molar-refractivity contribution in [2.75, 3.05) is 0 Å². The lowest BCUT2D eigenvalue weighted by Crippen LogP contribution is -2.37. The summed E-state index contributed by atoms with van der Waals surface area (Å²) in [6.07, 6.45) is 50.4. The van der Waals surface area contributed by atoms with Crippen LogP contribution in [0.1, 0.15) is 226 Å². The molecule has 0 amide bonds. The SMILES string of the molecule is CCCCCCCCCCCCCCCCC[n+]1ccn(CCCCCCCCCCCCCCC)c1CCCCC. The fourth-order valence-corrected chi connectivity index (χ4v) is 6.68. The van der Waals surface area contributed by atoms with E-state index in [4.69, 9.17) is 0 Å². The predicted molar refractivity (Wildman–Crippen MR) is 188 cm³/mol. The van der Waals surface area contributed by atoms with Crippen molar-refractivity contribution >= 4 is 0 Å². The Labute approximate surface area is 266 Å². The molecule has 0 aliphatic rings. The number of hydrogen-bond donors (Lipinski definition) is 0. The maximum Gasteiger partial charge on any atom is 0.256 e. The van der Waals surface area contributed by atoms with Crippen LogP contribution in [0.4, 0.5) is 0 Å². The van der Waals surface area contributed by atoms with Crippen molar-refractivity contribution in [1.29, 1.82) is 0 Å². The molecule has 2 heteroatoms. The van der Waals surface area contributed by atoms with Crippen molar-refractivity contribution in [3.8, 4) is 0 Å². The second kappa shape index (κ2) is 31.6. The van der Waals surface area contributed by atoms with E-state index in [0.29, 0.717) is 0 Å². The van der Waals surface area contributed by atoms with Crippen LogP contribution >= 0.6 is 0 Å². The molecule has 0 bridgehead atoms. The molecule has 0 aliphatic carbocycles. The first-order valence-electron chi connectivity index (χ1n) is 19.9. The molecule has 0 aromatic carbocycles. The smallest absolute Gasteiger partial charge is 0.234 e. The second-order valence-corrected chi connectivity index (χ2v) is 13.8. The van der Waals surface area contributed by atoms with Crippen LogP contribution in [0.15, 0.2) is 12.4 Å². The zero-order chi connectivity index (χ0) is 30.2. The van der Waals surface area contributed by atoms with Crippen LogP contribution < -0.4 is 4.57 Å². The van der Waals surface area contributed by atoms with Gasteiger partial charge in [-0.15, -0.1) is 0 Å². The third-order valence-electron chi connectivity index (χ3n) is 9.60. The first-order chi connectivity index (χ1) is 20.8. The topological polar surface area (TPSA) is 8.81 Å². The molecule has 2 nitrogen and oxygen atoms in total. The molecule has 1 aromatic rings. The Morgan fingerprint density at radius 3 is 1.14 bits per heavy atom. The minimum Gasteiger partial charge on any atom is -0.234 e. The fourth-order valence-electron chi connectivity index (χ4n) is 6.68. The summed E-state index contributed by atoms with van der Waals surface area (Å²) in [5.41, 5.74) is 0.